The Morgan fingerprint density at radius 2 is 1.56 bits per heavy atom. The minimum atomic E-state index is -3.20. The number of benzene rings is 2. The van der Waals surface area contributed by atoms with E-state index < -0.39 is 9.84 Å². The summed E-state index contributed by atoms with van der Waals surface area (Å²) in [7, 11) is -3.20. The first-order valence-electron chi connectivity index (χ1n) is 21.5. The van der Waals surface area contributed by atoms with Crippen molar-refractivity contribution < 1.29 is 22.4 Å². The fraction of sp³-hybridized carbons (Fsp3) is 0.400. The van der Waals surface area contributed by atoms with Crippen molar-refractivity contribution in [2.24, 2.45) is 5.92 Å². The van der Waals surface area contributed by atoms with Gasteiger partial charge in [0.2, 0.25) is 11.8 Å². The molecule has 2 aliphatic heterocycles. The van der Waals surface area contributed by atoms with Gasteiger partial charge in [-0.3, -0.25) is 4.98 Å². The van der Waals surface area contributed by atoms with Crippen LogP contribution in [0.2, 0.25) is 0 Å². The highest BCUT2D eigenvalue weighted by Gasteiger charge is 2.26. The molecule has 64 heavy (non-hydrogen) atoms. The number of hydrogen-bond acceptors (Lipinski definition) is 17. The van der Waals surface area contributed by atoms with Crippen LogP contribution < -0.4 is 19.3 Å². The molecule has 0 unspecified atom stereocenters. The van der Waals surface area contributed by atoms with E-state index in [1.54, 1.807) is 52.8 Å². The van der Waals surface area contributed by atoms with Gasteiger partial charge in [0, 0.05) is 62.2 Å². The highest BCUT2D eigenvalue weighted by molar-refractivity contribution is 7.90. The third-order valence-corrected chi connectivity index (χ3v) is 13.4. The number of hydrogen-bond donors (Lipinski definition) is 0. The van der Waals surface area contributed by atoms with Crippen LogP contribution in [0.4, 0.5) is 12.0 Å². The number of aromatic nitrogens is 10. The van der Waals surface area contributed by atoms with Crippen LogP contribution in [-0.2, 0) is 22.9 Å². The molecule has 0 bridgehead atoms. The maximum Gasteiger partial charge on any atom is 0.324 e. The molecule has 2 saturated heterocycles. The number of nitrogens with zero attached hydrogens (tertiary/aromatic N) is 12. The molecule has 0 atom stereocenters. The maximum absolute atomic E-state index is 11.6. The van der Waals surface area contributed by atoms with Crippen LogP contribution in [0.25, 0.3) is 16.9 Å². The fourth-order valence-electron chi connectivity index (χ4n) is 7.33. The van der Waals surface area contributed by atoms with Crippen molar-refractivity contribution in [3.8, 4) is 28.6 Å². The zero-order valence-corrected chi connectivity index (χ0v) is 38.0. The second-order valence-electron chi connectivity index (χ2n) is 16.2. The molecule has 0 aliphatic carbocycles. The lowest BCUT2D eigenvalue weighted by Gasteiger charge is -2.31. The zero-order chi connectivity index (χ0) is 44.5. The largest absolute Gasteiger partial charge is 0.492 e. The predicted molar refractivity (Wildman–Crippen MR) is 243 cm³/mol. The SMILES string of the molecule is CC(C)c1noc(N2CCC(COc3ccc(-c4ccc(S(C)(=O)=O)cc4)nc3)CC2)n1.CCc1cnc(N2CCC(c3nc(OCc4ccc(-n5cnnn5)cc4)cs3)CC2)nc1. The van der Waals surface area contributed by atoms with Crippen LogP contribution in [0.5, 0.6) is 11.6 Å². The molecule has 0 amide bonds. The van der Waals surface area contributed by atoms with E-state index in [1.807, 2.05) is 68.0 Å². The van der Waals surface area contributed by atoms with Crippen molar-refractivity contribution in [2.45, 2.75) is 76.2 Å². The van der Waals surface area contributed by atoms with Crippen molar-refractivity contribution >= 4 is 33.1 Å². The number of anilines is 2. The third kappa shape index (κ3) is 11.4. The van der Waals surface area contributed by atoms with E-state index in [2.05, 4.69) is 57.3 Å². The maximum atomic E-state index is 11.6. The second kappa shape index (κ2) is 20.4. The molecular weight excluding hydrogens is 853 g/mol. The lowest BCUT2D eigenvalue weighted by atomic mass is 9.98. The zero-order valence-electron chi connectivity index (χ0n) is 36.4. The number of aryl methyl sites for hydroxylation is 1. The Morgan fingerprint density at radius 1 is 0.828 bits per heavy atom. The average Bonchev–Trinajstić information content (AvgIpc) is 4.15. The first-order chi connectivity index (χ1) is 31.1. The predicted octanol–water partition coefficient (Wildman–Crippen LogP) is 7.39. The van der Waals surface area contributed by atoms with Gasteiger partial charge in [-0.2, -0.15) is 4.98 Å². The van der Waals surface area contributed by atoms with Gasteiger partial charge in [0.05, 0.1) is 39.5 Å². The van der Waals surface area contributed by atoms with Gasteiger partial charge < -0.3 is 23.8 Å². The first kappa shape index (κ1) is 44.3. The van der Waals surface area contributed by atoms with Crippen LogP contribution in [-0.4, -0.2) is 97.7 Å². The quantitative estimate of drug-likeness (QED) is 0.105. The molecule has 2 aromatic carbocycles. The van der Waals surface area contributed by atoms with E-state index in [0.717, 1.165) is 103 Å². The minimum absolute atomic E-state index is 0.255. The summed E-state index contributed by atoms with van der Waals surface area (Å²) < 4.78 is 42.1. The molecule has 2 aliphatic rings. The van der Waals surface area contributed by atoms with Crippen molar-refractivity contribution in [3.05, 3.63) is 113 Å². The van der Waals surface area contributed by atoms with Crippen molar-refractivity contribution in [3.63, 3.8) is 0 Å². The molecule has 0 radical (unpaired) electrons. The van der Waals surface area contributed by atoms with Gasteiger partial charge in [-0.05, 0) is 96.0 Å². The van der Waals surface area contributed by atoms with E-state index in [4.69, 9.17) is 19.0 Å². The van der Waals surface area contributed by atoms with E-state index in [9.17, 15) is 8.42 Å². The summed E-state index contributed by atoms with van der Waals surface area (Å²) in [6.45, 7) is 11.0. The summed E-state index contributed by atoms with van der Waals surface area (Å²) in [6.07, 6.45) is 13.4. The Labute approximate surface area is 376 Å². The number of piperidine rings is 2. The molecule has 0 N–H and O–H groups in total. The van der Waals surface area contributed by atoms with Crippen LogP contribution in [0.3, 0.4) is 0 Å². The number of tetrazole rings is 1. The Bertz CT molecular complexity index is 2620. The van der Waals surface area contributed by atoms with Crippen LogP contribution >= 0.6 is 11.3 Å². The number of ether oxygens (including phenoxy) is 2. The van der Waals surface area contributed by atoms with Crippen molar-refractivity contribution in [2.75, 3.05) is 48.8 Å². The Hall–Kier alpha value is -6.34. The van der Waals surface area contributed by atoms with Gasteiger partial charge in [0.25, 0.3) is 0 Å². The van der Waals surface area contributed by atoms with E-state index in [1.165, 1.54) is 11.8 Å². The third-order valence-electron chi connectivity index (χ3n) is 11.3. The van der Waals surface area contributed by atoms with Gasteiger partial charge >= 0.3 is 6.01 Å². The van der Waals surface area contributed by atoms with Gasteiger partial charge in [-0.15, -0.1) is 16.4 Å². The summed E-state index contributed by atoms with van der Waals surface area (Å²) in [4.78, 5) is 27.4. The molecule has 2 fully saturated rings. The molecule has 19 heteroatoms. The Morgan fingerprint density at radius 3 is 2.19 bits per heavy atom. The number of rotatable bonds is 14. The fourth-order valence-corrected chi connectivity index (χ4v) is 8.88. The summed E-state index contributed by atoms with van der Waals surface area (Å²) in [5.74, 6) is 4.16. The van der Waals surface area contributed by atoms with E-state index in [-0.39, 0.29) is 5.92 Å². The summed E-state index contributed by atoms with van der Waals surface area (Å²) in [5, 5.41) is 18.4. The highest BCUT2D eigenvalue weighted by Crippen LogP contribution is 2.33. The smallest absolute Gasteiger partial charge is 0.324 e. The van der Waals surface area contributed by atoms with Crippen LogP contribution in [0.15, 0.2) is 100 Å². The standard InChI is InChI=1S/C23H28N4O4S.C22H24N8OS/c1-16(2)22-25-23(31-26-22)27-12-10-17(11-13-27)15-30-19-6-9-21(24-14-19)18-4-7-20(8-5-18)32(3,28)29;1-2-16-11-23-22(24-12-16)29-9-7-18(8-10-29)21-26-20(14-32-21)31-13-17-3-5-19(6-4-17)30-15-25-27-28-30/h4-9,14,16-17H,10-13,15H2,1-3H3;3-6,11-12,14-15,18H,2,7-10,13H2,1H3. The minimum Gasteiger partial charge on any atom is -0.492 e. The van der Waals surface area contributed by atoms with Gasteiger partial charge in [0.15, 0.2) is 15.7 Å². The lowest BCUT2D eigenvalue weighted by molar-refractivity contribution is 0.219. The number of pyridine rings is 1. The molecule has 0 saturated carbocycles. The van der Waals surface area contributed by atoms with Gasteiger partial charge in [-0.1, -0.05) is 50.2 Å². The molecule has 0 spiro atoms. The topological polar surface area (TPSA) is 193 Å². The Kier molecular flexibility index (Phi) is 14.1. The van der Waals surface area contributed by atoms with Crippen LogP contribution in [0, 0.1) is 5.92 Å². The lowest BCUT2D eigenvalue weighted by Crippen LogP contribution is -2.35. The molecule has 7 aromatic rings. The monoisotopic (exact) mass is 904 g/mol. The Balaban J connectivity index is 0.000000175. The van der Waals surface area contributed by atoms with Crippen LogP contribution in [0.1, 0.15) is 80.2 Å². The second-order valence-corrected chi connectivity index (χ2v) is 19.2. The molecular formula is C45H52N12O5S2. The molecule has 17 nitrogen and oxygen atoms in total. The van der Waals surface area contributed by atoms with Crippen molar-refractivity contribution in [1.29, 1.82) is 0 Å². The first-order valence-corrected chi connectivity index (χ1v) is 24.3. The average molecular weight is 905 g/mol. The van der Waals surface area contributed by atoms with E-state index >= 15 is 0 Å². The highest BCUT2D eigenvalue weighted by atomic mass is 32.2. The van der Waals surface area contributed by atoms with E-state index in [0.29, 0.717) is 41.8 Å². The summed E-state index contributed by atoms with van der Waals surface area (Å²) in [5.41, 5.74) is 4.78. The molecule has 7 heterocycles. The number of sulfone groups is 1. The molecule has 334 valence electrons. The normalized spacial score (nSPS) is 15.0. The molecule has 5 aromatic heterocycles. The molecule has 9 rings (SSSR count). The number of thiazole rings is 1. The summed E-state index contributed by atoms with van der Waals surface area (Å²) in [6, 6.07) is 19.1. The van der Waals surface area contributed by atoms with Crippen molar-refractivity contribution in [1.82, 2.24) is 50.3 Å². The van der Waals surface area contributed by atoms with Gasteiger partial charge in [0.1, 0.15) is 18.7 Å². The summed E-state index contributed by atoms with van der Waals surface area (Å²) >= 11 is 1.68. The van der Waals surface area contributed by atoms with Gasteiger partial charge in [-0.25, -0.2) is 28.1 Å².